The van der Waals surface area contributed by atoms with Crippen LogP contribution in [0.4, 0.5) is 4.79 Å². The summed E-state index contributed by atoms with van der Waals surface area (Å²) in [6.45, 7) is 6.49. The summed E-state index contributed by atoms with van der Waals surface area (Å²) in [7, 11) is 0. The van der Waals surface area contributed by atoms with E-state index in [2.05, 4.69) is 0 Å². The van der Waals surface area contributed by atoms with Gasteiger partial charge in [-0.1, -0.05) is 23.7 Å². The first-order valence-corrected chi connectivity index (χ1v) is 9.17. The standard InChI is InChI=1S/C19H27ClN2O4/c1-19(2,3)26-18(24)22-9-5-7-14(11-22)17(25-12-16(21)23)13-6-4-8-15(20)10-13/h4,6,8,10,14,17H,5,7,9,11-12H2,1-3H3,(H2,21,23)/t14-,17+/m1/s1. The summed E-state index contributed by atoms with van der Waals surface area (Å²) >= 11 is 6.11. The topological polar surface area (TPSA) is 81.9 Å². The first-order valence-electron chi connectivity index (χ1n) is 8.79. The molecule has 6 nitrogen and oxygen atoms in total. The van der Waals surface area contributed by atoms with Crippen LogP contribution in [0.15, 0.2) is 24.3 Å². The Balaban J connectivity index is 2.15. The molecule has 2 atom stereocenters. The van der Waals surface area contributed by atoms with Crippen LogP contribution in [0, 0.1) is 5.92 Å². The Labute approximate surface area is 159 Å². The predicted molar refractivity (Wildman–Crippen MR) is 99.9 cm³/mol. The minimum atomic E-state index is -0.543. The van der Waals surface area contributed by atoms with Gasteiger partial charge < -0.3 is 20.1 Å². The number of piperidine rings is 1. The van der Waals surface area contributed by atoms with Crippen LogP contribution < -0.4 is 5.73 Å². The molecule has 0 aromatic heterocycles. The zero-order valence-corrected chi connectivity index (χ0v) is 16.3. The number of primary amides is 1. The normalized spacial score (nSPS) is 19.1. The van der Waals surface area contributed by atoms with Crippen molar-refractivity contribution < 1.29 is 19.1 Å². The zero-order chi connectivity index (χ0) is 19.3. The van der Waals surface area contributed by atoms with E-state index in [-0.39, 0.29) is 24.7 Å². The van der Waals surface area contributed by atoms with Gasteiger partial charge in [-0.3, -0.25) is 4.79 Å². The summed E-state index contributed by atoms with van der Waals surface area (Å²) in [6.07, 6.45) is 1.00. The number of amides is 2. The van der Waals surface area contributed by atoms with E-state index >= 15 is 0 Å². The predicted octanol–water partition coefficient (Wildman–Crippen LogP) is 3.53. The lowest BCUT2D eigenvalue weighted by Crippen LogP contribution is -2.44. The van der Waals surface area contributed by atoms with Crippen molar-refractivity contribution in [3.8, 4) is 0 Å². The lowest BCUT2D eigenvalue weighted by Gasteiger charge is -2.37. The van der Waals surface area contributed by atoms with Crippen molar-refractivity contribution in [3.63, 3.8) is 0 Å². The van der Waals surface area contributed by atoms with Crippen LogP contribution >= 0.6 is 11.6 Å². The van der Waals surface area contributed by atoms with E-state index in [4.69, 9.17) is 26.8 Å². The Bertz CT molecular complexity index is 645. The highest BCUT2D eigenvalue weighted by Crippen LogP contribution is 2.34. The molecule has 144 valence electrons. The number of nitrogens with two attached hydrogens (primary N) is 1. The van der Waals surface area contributed by atoms with Crippen molar-refractivity contribution in [1.82, 2.24) is 4.90 Å². The fourth-order valence-corrected chi connectivity index (χ4v) is 3.31. The maximum atomic E-state index is 12.4. The van der Waals surface area contributed by atoms with Gasteiger partial charge in [-0.25, -0.2) is 4.79 Å². The van der Waals surface area contributed by atoms with Gasteiger partial charge in [0.25, 0.3) is 0 Å². The molecule has 1 fully saturated rings. The molecule has 0 aliphatic carbocycles. The van der Waals surface area contributed by atoms with Crippen molar-refractivity contribution in [2.75, 3.05) is 19.7 Å². The molecule has 2 amide bonds. The first kappa shape index (κ1) is 20.5. The van der Waals surface area contributed by atoms with Crippen LogP contribution in [0.5, 0.6) is 0 Å². The molecule has 0 spiro atoms. The smallest absolute Gasteiger partial charge is 0.410 e. The van der Waals surface area contributed by atoms with E-state index in [1.165, 1.54) is 0 Å². The highest BCUT2D eigenvalue weighted by molar-refractivity contribution is 6.30. The first-order chi connectivity index (χ1) is 12.2. The van der Waals surface area contributed by atoms with Crippen LogP contribution in [0.25, 0.3) is 0 Å². The molecule has 1 heterocycles. The molecule has 2 rings (SSSR count). The molecule has 2 N–H and O–H groups in total. The number of likely N-dealkylation sites (tertiary alicyclic amines) is 1. The third-order valence-electron chi connectivity index (χ3n) is 4.12. The average Bonchev–Trinajstić information content (AvgIpc) is 2.53. The van der Waals surface area contributed by atoms with E-state index in [1.807, 2.05) is 39.0 Å². The van der Waals surface area contributed by atoms with Gasteiger partial charge in [0.1, 0.15) is 12.2 Å². The van der Waals surface area contributed by atoms with Gasteiger partial charge in [-0.15, -0.1) is 0 Å². The van der Waals surface area contributed by atoms with Gasteiger partial charge in [0.2, 0.25) is 5.91 Å². The number of ether oxygens (including phenoxy) is 2. The summed E-state index contributed by atoms with van der Waals surface area (Å²) in [4.78, 5) is 25.3. The van der Waals surface area contributed by atoms with E-state index < -0.39 is 11.5 Å². The second kappa shape index (κ2) is 8.73. The van der Waals surface area contributed by atoms with Crippen molar-refractivity contribution in [2.45, 2.75) is 45.3 Å². The molecule has 1 aliphatic heterocycles. The highest BCUT2D eigenvalue weighted by atomic mass is 35.5. The largest absolute Gasteiger partial charge is 0.444 e. The van der Waals surface area contributed by atoms with Crippen molar-refractivity contribution >= 4 is 23.6 Å². The second-order valence-electron chi connectivity index (χ2n) is 7.58. The van der Waals surface area contributed by atoms with Crippen LogP contribution in [0.1, 0.15) is 45.3 Å². The summed E-state index contributed by atoms with van der Waals surface area (Å²) in [5, 5.41) is 0.593. The van der Waals surface area contributed by atoms with Gasteiger partial charge in [-0.05, 0) is 51.3 Å². The molecule has 1 aliphatic rings. The monoisotopic (exact) mass is 382 g/mol. The number of carbonyl (C=O) groups excluding carboxylic acids is 2. The van der Waals surface area contributed by atoms with Gasteiger partial charge in [0.15, 0.2) is 0 Å². The molecular formula is C19H27ClN2O4. The maximum absolute atomic E-state index is 12.4. The molecule has 1 aromatic carbocycles. The van der Waals surface area contributed by atoms with Crippen LogP contribution in [-0.4, -0.2) is 42.2 Å². The van der Waals surface area contributed by atoms with Gasteiger partial charge in [-0.2, -0.15) is 0 Å². The van der Waals surface area contributed by atoms with Crippen LogP contribution in [-0.2, 0) is 14.3 Å². The molecule has 0 radical (unpaired) electrons. The molecule has 0 unspecified atom stereocenters. The average molecular weight is 383 g/mol. The fourth-order valence-electron chi connectivity index (χ4n) is 3.11. The van der Waals surface area contributed by atoms with E-state index in [9.17, 15) is 9.59 Å². The van der Waals surface area contributed by atoms with E-state index in [0.717, 1.165) is 18.4 Å². The maximum Gasteiger partial charge on any atom is 0.410 e. The quantitative estimate of drug-likeness (QED) is 0.844. The summed E-state index contributed by atoms with van der Waals surface area (Å²) < 4.78 is 11.3. The number of hydrogen-bond donors (Lipinski definition) is 1. The number of halogens is 1. The summed E-state index contributed by atoms with van der Waals surface area (Å²) in [5.74, 6) is -0.508. The molecular weight excluding hydrogens is 356 g/mol. The van der Waals surface area contributed by atoms with Crippen molar-refractivity contribution in [2.24, 2.45) is 11.7 Å². The minimum Gasteiger partial charge on any atom is -0.444 e. The third-order valence-corrected chi connectivity index (χ3v) is 4.36. The zero-order valence-electron chi connectivity index (χ0n) is 15.5. The Morgan fingerprint density at radius 3 is 2.73 bits per heavy atom. The number of benzene rings is 1. The Kier molecular flexibility index (Phi) is 6.89. The molecule has 0 saturated carbocycles. The fraction of sp³-hybridized carbons (Fsp3) is 0.579. The van der Waals surface area contributed by atoms with Crippen LogP contribution in [0.2, 0.25) is 5.02 Å². The minimum absolute atomic E-state index is 0.0223. The lowest BCUT2D eigenvalue weighted by atomic mass is 9.88. The number of carbonyl (C=O) groups is 2. The van der Waals surface area contributed by atoms with Gasteiger partial charge in [0, 0.05) is 24.0 Å². The van der Waals surface area contributed by atoms with Crippen molar-refractivity contribution in [1.29, 1.82) is 0 Å². The Hall–Kier alpha value is -1.79. The van der Waals surface area contributed by atoms with E-state index in [1.54, 1.807) is 11.0 Å². The summed E-state index contributed by atoms with van der Waals surface area (Å²) in [5.41, 5.74) is 5.58. The van der Waals surface area contributed by atoms with Gasteiger partial charge in [0.05, 0.1) is 6.10 Å². The second-order valence-corrected chi connectivity index (χ2v) is 8.02. The molecule has 1 saturated heterocycles. The molecule has 26 heavy (non-hydrogen) atoms. The number of hydrogen-bond acceptors (Lipinski definition) is 4. The Morgan fingerprint density at radius 2 is 2.12 bits per heavy atom. The Morgan fingerprint density at radius 1 is 1.38 bits per heavy atom. The summed E-state index contributed by atoms with van der Waals surface area (Å²) in [6, 6.07) is 7.35. The van der Waals surface area contributed by atoms with Crippen molar-refractivity contribution in [3.05, 3.63) is 34.9 Å². The number of rotatable bonds is 5. The van der Waals surface area contributed by atoms with E-state index in [0.29, 0.717) is 18.1 Å². The third kappa shape index (κ3) is 6.18. The molecule has 0 bridgehead atoms. The lowest BCUT2D eigenvalue weighted by molar-refractivity contribution is -0.126. The highest BCUT2D eigenvalue weighted by Gasteiger charge is 2.33. The molecule has 7 heteroatoms. The number of nitrogens with zero attached hydrogens (tertiary/aromatic N) is 1. The van der Waals surface area contributed by atoms with Crippen LogP contribution in [0.3, 0.4) is 0 Å². The van der Waals surface area contributed by atoms with Gasteiger partial charge >= 0.3 is 6.09 Å². The SMILES string of the molecule is CC(C)(C)OC(=O)N1CCC[C@@H]([C@@H](OCC(N)=O)c2cccc(Cl)c2)C1. The molecule has 1 aromatic rings.